The van der Waals surface area contributed by atoms with Gasteiger partial charge in [0, 0.05) is 0 Å². The molecule has 0 spiro atoms. The van der Waals surface area contributed by atoms with Crippen LogP contribution in [0.15, 0.2) is 6.20 Å². The van der Waals surface area contributed by atoms with Crippen LogP contribution in [0.5, 0.6) is 0 Å². The molecular weight excluding hydrogens is 169 g/mol. The monoisotopic (exact) mass is 181 g/mol. The third-order valence-corrected chi connectivity index (χ3v) is 2.44. The molecular formula is C7H12BN3O2. The van der Waals surface area contributed by atoms with Gasteiger partial charge in [0.15, 0.2) is 0 Å². The molecule has 0 saturated heterocycles. The summed E-state index contributed by atoms with van der Waals surface area (Å²) in [7, 11) is -1.50. The zero-order valence-electron chi connectivity index (χ0n) is 7.30. The van der Waals surface area contributed by atoms with Gasteiger partial charge in [0.25, 0.3) is 0 Å². The Morgan fingerprint density at radius 2 is 2.08 bits per heavy atom. The minimum absolute atomic E-state index is 0.229. The Balaban J connectivity index is 2.12. The molecule has 1 heterocycles. The van der Waals surface area contributed by atoms with Crippen molar-refractivity contribution in [2.45, 2.75) is 31.7 Å². The van der Waals surface area contributed by atoms with Gasteiger partial charge in [-0.3, -0.25) is 0 Å². The standard InChI is InChI=1S/C7H12BN3O2/c12-8(13)7-5-9-11(10-7)6-3-1-2-4-6/h5-6,12-13H,1-4H2. The van der Waals surface area contributed by atoms with Crippen LogP contribution in [0.1, 0.15) is 31.7 Å². The van der Waals surface area contributed by atoms with E-state index in [9.17, 15) is 0 Å². The molecule has 0 amide bonds. The van der Waals surface area contributed by atoms with Crippen molar-refractivity contribution in [3.05, 3.63) is 6.20 Å². The van der Waals surface area contributed by atoms with Gasteiger partial charge < -0.3 is 10.0 Å². The predicted octanol–water partition coefficient (Wildman–Crippen LogP) is -0.927. The molecule has 2 rings (SSSR count). The summed E-state index contributed by atoms with van der Waals surface area (Å²) in [6.07, 6.45) is 6.01. The minimum Gasteiger partial charge on any atom is -0.422 e. The van der Waals surface area contributed by atoms with E-state index in [-0.39, 0.29) is 5.59 Å². The topological polar surface area (TPSA) is 71.2 Å². The van der Waals surface area contributed by atoms with Crippen LogP contribution < -0.4 is 5.59 Å². The van der Waals surface area contributed by atoms with Gasteiger partial charge >= 0.3 is 7.12 Å². The number of aromatic nitrogens is 3. The zero-order chi connectivity index (χ0) is 9.26. The highest BCUT2D eigenvalue weighted by Crippen LogP contribution is 2.27. The second-order valence-corrected chi connectivity index (χ2v) is 3.40. The van der Waals surface area contributed by atoms with E-state index in [0.717, 1.165) is 12.8 Å². The van der Waals surface area contributed by atoms with E-state index < -0.39 is 7.12 Å². The lowest BCUT2D eigenvalue weighted by molar-refractivity contribution is 0.406. The second kappa shape index (κ2) is 3.47. The van der Waals surface area contributed by atoms with Gasteiger partial charge in [0.1, 0.15) is 5.59 Å². The fourth-order valence-corrected chi connectivity index (χ4v) is 1.72. The first kappa shape index (κ1) is 8.71. The molecule has 6 heteroatoms. The largest absolute Gasteiger partial charge is 0.511 e. The van der Waals surface area contributed by atoms with Gasteiger partial charge in [-0.1, -0.05) is 12.8 Å². The normalized spacial score (nSPS) is 18.0. The summed E-state index contributed by atoms with van der Waals surface area (Å²) in [5, 5.41) is 25.6. The van der Waals surface area contributed by atoms with Gasteiger partial charge in [-0.15, -0.1) is 0 Å². The van der Waals surface area contributed by atoms with E-state index in [1.54, 1.807) is 4.80 Å². The molecule has 0 unspecified atom stereocenters. The molecule has 1 aliphatic rings. The average Bonchev–Trinajstić information content (AvgIpc) is 2.75. The van der Waals surface area contributed by atoms with Crippen molar-refractivity contribution < 1.29 is 10.0 Å². The number of nitrogens with zero attached hydrogens (tertiary/aromatic N) is 3. The highest BCUT2D eigenvalue weighted by molar-refractivity contribution is 6.57. The molecule has 1 aromatic heterocycles. The molecule has 0 aliphatic heterocycles. The third kappa shape index (κ3) is 1.73. The van der Waals surface area contributed by atoms with Crippen molar-refractivity contribution in [1.29, 1.82) is 0 Å². The lowest BCUT2D eigenvalue weighted by atomic mass is 9.87. The van der Waals surface area contributed by atoms with Crippen LogP contribution in [0.3, 0.4) is 0 Å². The lowest BCUT2D eigenvalue weighted by Gasteiger charge is -2.06. The average molecular weight is 181 g/mol. The number of rotatable bonds is 2. The Bertz CT molecular complexity index is 283. The van der Waals surface area contributed by atoms with Gasteiger partial charge in [-0.2, -0.15) is 15.0 Å². The Hall–Kier alpha value is -0.875. The SMILES string of the molecule is OB(O)c1cnn(C2CCCC2)n1. The van der Waals surface area contributed by atoms with Crippen LogP contribution in [0.2, 0.25) is 0 Å². The molecule has 1 aliphatic carbocycles. The Labute approximate surface area is 76.5 Å². The van der Waals surface area contributed by atoms with Crippen molar-refractivity contribution in [1.82, 2.24) is 15.0 Å². The van der Waals surface area contributed by atoms with E-state index >= 15 is 0 Å². The molecule has 1 saturated carbocycles. The molecule has 70 valence electrons. The van der Waals surface area contributed by atoms with Gasteiger partial charge in [-0.25, -0.2) is 0 Å². The van der Waals surface area contributed by atoms with Crippen LogP contribution in [-0.2, 0) is 0 Å². The van der Waals surface area contributed by atoms with E-state index in [2.05, 4.69) is 10.2 Å². The van der Waals surface area contributed by atoms with Crippen molar-refractivity contribution in [2.75, 3.05) is 0 Å². The van der Waals surface area contributed by atoms with Gasteiger partial charge in [0.2, 0.25) is 0 Å². The Morgan fingerprint density at radius 3 is 2.62 bits per heavy atom. The Morgan fingerprint density at radius 1 is 1.38 bits per heavy atom. The molecule has 2 N–H and O–H groups in total. The van der Waals surface area contributed by atoms with Crippen LogP contribution >= 0.6 is 0 Å². The van der Waals surface area contributed by atoms with Gasteiger partial charge in [-0.05, 0) is 12.8 Å². The summed E-state index contributed by atoms with van der Waals surface area (Å²) < 4.78 is 0. The Kier molecular flexibility index (Phi) is 2.33. The van der Waals surface area contributed by atoms with Crippen molar-refractivity contribution in [2.24, 2.45) is 0 Å². The summed E-state index contributed by atoms with van der Waals surface area (Å²) >= 11 is 0. The van der Waals surface area contributed by atoms with Crippen LogP contribution in [0, 0.1) is 0 Å². The van der Waals surface area contributed by atoms with E-state index in [1.165, 1.54) is 19.0 Å². The maximum Gasteiger partial charge on any atom is 0.511 e. The molecule has 1 aromatic rings. The summed E-state index contributed by atoms with van der Waals surface area (Å²) in [6, 6.07) is 0.354. The summed E-state index contributed by atoms with van der Waals surface area (Å²) in [5.41, 5.74) is 0.229. The third-order valence-electron chi connectivity index (χ3n) is 2.44. The van der Waals surface area contributed by atoms with E-state index in [1.807, 2.05) is 0 Å². The first-order chi connectivity index (χ1) is 6.27. The second-order valence-electron chi connectivity index (χ2n) is 3.40. The summed E-state index contributed by atoms with van der Waals surface area (Å²) in [4.78, 5) is 1.60. The maximum absolute atomic E-state index is 8.82. The highest BCUT2D eigenvalue weighted by Gasteiger charge is 2.21. The van der Waals surface area contributed by atoms with Crippen LogP contribution in [-0.4, -0.2) is 32.2 Å². The highest BCUT2D eigenvalue weighted by atomic mass is 16.4. The van der Waals surface area contributed by atoms with Crippen molar-refractivity contribution >= 4 is 12.7 Å². The first-order valence-electron chi connectivity index (χ1n) is 4.55. The smallest absolute Gasteiger partial charge is 0.422 e. The predicted molar refractivity (Wildman–Crippen MR) is 47.4 cm³/mol. The number of hydrogen-bond acceptors (Lipinski definition) is 4. The van der Waals surface area contributed by atoms with Crippen molar-refractivity contribution in [3.63, 3.8) is 0 Å². The zero-order valence-corrected chi connectivity index (χ0v) is 7.30. The van der Waals surface area contributed by atoms with E-state index in [0.29, 0.717) is 6.04 Å². The quantitative estimate of drug-likeness (QED) is 0.578. The number of hydrogen-bond donors (Lipinski definition) is 2. The molecule has 1 fully saturated rings. The fraction of sp³-hybridized carbons (Fsp3) is 0.714. The lowest BCUT2D eigenvalue weighted by Crippen LogP contribution is -2.31. The van der Waals surface area contributed by atoms with Crippen LogP contribution in [0.4, 0.5) is 0 Å². The fourth-order valence-electron chi connectivity index (χ4n) is 1.72. The molecule has 0 atom stereocenters. The first-order valence-corrected chi connectivity index (χ1v) is 4.55. The van der Waals surface area contributed by atoms with Crippen molar-refractivity contribution in [3.8, 4) is 0 Å². The molecule has 0 bridgehead atoms. The molecule has 13 heavy (non-hydrogen) atoms. The summed E-state index contributed by atoms with van der Waals surface area (Å²) in [5.74, 6) is 0. The maximum atomic E-state index is 8.82. The van der Waals surface area contributed by atoms with Gasteiger partial charge in [0.05, 0.1) is 12.2 Å². The molecule has 0 aromatic carbocycles. The molecule has 0 radical (unpaired) electrons. The van der Waals surface area contributed by atoms with Crippen LogP contribution in [0.25, 0.3) is 0 Å². The van der Waals surface area contributed by atoms with E-state index in [4.69, 9.17) is 10.0 Å². The minimum atomic E-state index is -1.50. The molecule has 5 nitrogen and oxygen atoms in total. The summed E-state index contributed by atoms with van der Waals surface area (Å²) in [6.45, 7) is 0.